The van der Waals surface area contributed by atoms with Crippen LogP contribution < -0.4 is 5.32 Å². The van der Waals surface area contributed by atoms with Crippen LogP contribution >= 0.6 is 11.8 Å². The average Bonchev–Trinajstić information content (AvgIpc) is 3.03. The second kappa shape index (κ2) is 8.74. The van der Waals surface area contributed by atoms with Crippen molar-refractivity contribution in [2.45, 2.75) is 79.8 Å². The normalized spacial score (nSPS) is 26.8. The van der Waals surface area contributed by atoms with Gasteiger partial charge in [0.1, 0.15) is 6.23 Å². The van der Waals surface area contributed by atoms with Crippen molar-refractivity contribution in [1.29, 1.82) is 0 Å². The number of aliphatic hydroxyl groups excluding tert-OH is 1. The molecule has 0 radical (unpaired) electrons. The van der Waals surface area contributed by atoms with Gasteiger partial charge >= 0.3 is 0 Å². The Kier molecular flexibility index (Phi) is 5.85. The van der Waals surface area contributed by atoms with Crippen LogP contribution in [0.15, 0.2) is 53.4 Å². The van der Waals surface area contributed by atoms with Gasteiger partial charge in [-0.15, -0.1) is 11.8 Å². The second-order valence-corrected chi connectivity index (χ2v) is 10.3. The number of amides is 1. The molecular formula is C25H30N2O2S. The molecule has 3 unspecified atom stereocenters. The highest BCUT2D eigenvalue weighted by molar-refractivity contribution is 8.00. The van der Waals surface area contributed by atoms with Crippen molar-refractivity contribution in [2.24, 2.45) is 0 Å². The van der Waals surface area contributed by atoms with Crippen LogP contribution in [0.3, 0.4) is 0 Å². The van der Waals surface area contributed by atoms with E-state index in [1.807, 2.05) is 17.8 Å². The Bertz CT molecular complexity index is 889. The lowest BCUT2D eigenvalue weighted by Gasteiger charge is -2.41. The topological polar surface area (TPSA) is 52.6 Å². The molecule has 2 saturated heterocycles. The van der Waals surface area contributed by atoms with E-state index in [0.717, 1.165) is 24.9 Å². The number of nitrogens with one attached hydrogen (secondary N) is 1. The fraction of sp³-hybridized carbons (Fsp3) is 0.480. The first kappa shape index (κ1) is 20.1. The van der Waals surface area contributed by atoms with Gasteiger partial charge in [0.25, 0.3) is 0 Å². The predicted molar refractivity (Wildman–Crippen MR) is 122 cm³/mol. The number of carbonyl (C=O) groups excluding carboxylic acids is 1. The van der Waals surface area contributed by atoms with Gasteiger partial charge in [-0.2, -0.15) is 0 Å². The van der Waals surface area contributed by atoms with Crippen molar-refractivity contribution in [2.75, 3.05) is 5.32 Å². The number of hydrogen-bond donors (Lipinski definition) is 2. The molecular weight excluding hydrogens is 392 g/mol. The molecule has 2 fully saturated rings. The second-order valence-electron chi connectivity index (χ2n) is 8.92. The fourth-order valence-electron chi connectivity index (χ4n) is 5.47. The van der Waals surface area contributed by atoms with Crippen LogP contribution in [0.4, 0.5) is 5.69 Å². The molecule has 2 N–H and O–H groups in total. The van der Waals surface area contributed by atoms with Crippen LogP contribution in [-0.2, 0) is 17.6 Å². The van der Waals surface area contributed by atoms with Crippen molar-refractivity contribution >= 4 is 23.4 Å². The molecule has 0 saturated carbocycles. The summed E-state index contributed by atoms with van der Waals surface area (Å²) < 4.78 is 0. The average molecular weight is 423 g/mol. The number of carbonyl (C=O) groups is 1. The zero-order valence-electron chi connectivity index (χ0n) is 17.3. The summed E-state index contributed by atoms with van der Waals surface area (Å²) >= 11 is 2.01. The van der Waals surface area contributed by atoms with Gasteiger partial charge in [0.15, 0.2) is 0 Å². The van der Waals surface area contributed by atoms with E-state index in [1.165, 1.54) is 41.7 Å². The highest BCUT2D eigenvalue weighted by Crippen LogP contribution is 2.43. The molecule has 0 spiro atoms. The van der Waals surface area contributed by atoms with E-state index in [2.05, 4.69) is 52.7 Å². The molecule has 3 heterocycles. The highest BCUT2D eigenvalue weighted by atomic mass is 32.2. The Labute approximate surface area is 183 Å². The minimum absolute atomic E-state index is 0.106. The van der Waals surface area contributed by atoms with E-state index in [9.17, 15) is 9.90 Å². The first-order valence-corrected chi connectivity index (χ1v) is 12.1. The standard InChI is InChI=1S/C25H30N2O2S/c28-24-12-8-18-14-17(6-11-23(18)26-24)7-13-25(29)27-19-9-10-20(27)16-22(15-19)30-21-4-2-1-3-5-21/h1-6,11,14,19-20,22,25,29H,7-10,12-13,15-16H2,(H,26,28). The van der Waals surface area contributed by atoms with Crippen molar-refractivity contribution in [1.82, 2.24) is 4.90 Å². The van der Waals surface area contributed by atoms with E-state index in [4.69, 9.17) is 0 Å². The van der Waals surface area contributed by atoms with Crippen molar-refractivity contribution in [3.05, 3.63) is 59.7 Å². The van der Waals surface area contributed by atoms with Crippen LogP contribution in [0, 0.1) is 0 Å². The third kappa shape index (κ3) is 4.29. The van der Waals surface area contributed by atoms with Gasteiger partial charge in [-0.3, -0.25) is 9.69 Å². The Balaban J connectivity index is 1.17. The van der Waals surface area contributed by atoms with Crippen LogP contribution in [0.1, 0.15) is 49.7 Å². The lowest BCUT2D eigenvalue weighted by molar-refractivity contribution is -0.116. The lowest BCUT2D eigenvalue weighted by Crippen LogP contribution is -2.49. The number of thioether (sulfide) groups is 1. The monoisotopic (exact) mass is 422 g/mol. The lowest BCUT2D eigenvalue weighted by atomic mass is 9.97. The zero-order valence-corrected chi connectivity index (χ0v) is 18.1. The number of rotatable bonds is 6. The summed E-state index contributed by atoms with van der Waals surface area (Å²) in [4.78, 5) is 15.3. The first-order chi connectivity index (χ1) is 14.7. The summed E-state index contributed by atoms with van der Waals surface area (Å²) in [5.74, 6) is 0.106. The van der Waals surface area contributed by atoms with Crippen LogP contribution in [-0.4, -0.2) is 39.5 Å². The number of nitrogens with zero attached hydrogens (tertiary/aromatic N) is 1. The number of aliphatic hydroxyl groups is 1. The van der Waals surface area contributed by atoms with E-state index in [-0.39, 0.29) is 12.1 Å². The summed E-state index contributed by atoms with van der Waals surface area (Å²) in [5.41, 5.74) is 3.43. The van der Waals surface area contributed by atoms with Gasteiger partial charge in [-0.1, -0.05) is 30.3 Å². The number of aryl methyl sites for hydroxylation is 2. The molecule has 3 atom stereocenters. The van der Waals surface area contributed by atoms with Gasteiger partial charge in [-0.25, -0.2) is 0 Å². The maximum atomic E-state index is 11.5. The molecule has 5 heteroatoms. The molecule has 30 heavy (non-hydrogen) atoms. The Hall–Kier alpha value is -1.82. The predicted octanol–water partition coefficient (Wildman–Crippen LogP) is 4.61. The van der Waals surface area contributed by atoms with Crippen LogP contribution in [0.25, 0.3) is 0 Å². The molecule has 2 bridgehead atoms. The van der Waals surface area contributed by atoms with Gasteiger partial charge in [0, 0.05) is 34.3 Å². The van der Waals surface area contributed by atoms with Crippen LogP contribution in [0.2, 0.25) is 0 Å². The van der Waals surface area contributed by atoms with E-state index < -0.39 is 0 Å². The summed E-state index contributed by atoms with van der Waals surface area (Å²) in [5, 5.41) is 14.6. The summed E-state index contributed by atoms with van der Waals surface area (Å²) in [6.45, 7) is 0. The molecule has 158 valence electrons. The van der Waals surface area contributed by atoms with Crippen molar-refractivity contribution < 1.29 is 9.90 Å². The number of hydrogen-bond acceptors (Lipinski definition) is 4. The fourth-order valence-corrected chi connectivity index (χ4v) is 6.81. The largest absolute Gasteiger partial charge is 0.378 e. The molecule has 4 nitrogen and oxygen atoms in total. The molecule has 2 aromatic carbocycles. The molecule has 5 rings (SSSR count). The number of benzene rings is 2. The number of piperidine rings is 1. The van der Waals surface area contributed by atoms with Crippen molar-refractivity contribution in [3.8, 4) is 0 Å². The highest BCUT2D eigenvalue weighted by Gasteiger charge is 2.43. The van der Waals surface area contributed by atoms with Gasteiger partial charge in [0.05, 0.1) is 0 Å². The van der Waals surface area contributed by atoms with E-state index >= 15 is 0 Å². The number of fused-ring (bicyclic) bond motifs is 3. The molecule has 3 aliphatic rings. The summed E-state index contributed by atoms with van der Waals surface area (Å²) in [6, 6.07) is 18.1. The third-order valence-electron chi connectivity index (χ3n) is 6.89. The van der Waals surface area contributed by atoms with E-state index in [0.29, 0.717) is 23.8 Å². The smallest absolute Gasteiger partial charge is 0.224 e. The van der Waals surface area contributed by atoms with Gasteiger partial charge in [0.2, 0.25) is 5.91 Å². The summed E-state index contributed by atoms with van der Waals surface area (Å²) in [7, 11) is 0. The Morgan fingerprint density at radius 2 is 1.83 bits per heavy atom. The van der Waals surface area contributed by atoms with Crippen molar-refractivity contribution in [3.63, 3.8) is 0 Å². The van der Waals surface area contributed by atoms with Gasteiger partial charge in [-0.05, 0) is 74.3 Å². The first-order valence-electron chi connectivity index (χ1n) is 11.2. The minimum atomic E-state index is -0.360. The number of anilines is 1. The van der Waals surface area contributed by atoms with Crippen LogP contribution in [0.5, 0.6) is 0 Å². The SMILES string of the molecule is O=C1CCc2cc(CCC(O)N3C4CCC3CC(Sc3ccccc3)C4)ccc2N1. The van der Waals surface area contributed by atoms with Gasteiger partial charge < -0.3 is 10.4 Å². The molecule has 3 aliphatic heterocycles. The minimum Gasteiger partial charge on any atom is -0.378 e. The molecule has 2 aromatic rings. The maximum Gasteiger partial charge on any atom is 0.224 e. The van der Waals surface area contributed by atoms with E-state index in [1.54, 1.807) is 0 Å². The maximum absolute atomic E-state index is 11.5. The summed E-state index contributed by atoms with van der Waals surface area (Å²) in [6.07, 6.45) is 7.44. The molecule has 0 aliphatic carbocycles. The molecule has 1 amide bonds. The quantitative estimate of drug-likeness (QED) is 0.714. The Morgan fingerprint density at radius 3 is 2.60 bits per heavy atom. The Morgan fingerprint density at radius 1 is 1.07 bits per heavy atom. The zero-order chi connectivity index (χ0) is 20.5. The molecule has 0 aromatic heterocycles. The third-order valence-corrected chi connectivity index (χ3v) is 8.16.